The van der Waals surface area contributed by atoms with Crippen LogP contribution in [-0.4, -0.2) is 16.4 Å². The molecule has 1 rings (SSSR count). The second-order valence-corrected chi connectivity index (χ2v) is 4.55. The lowest BCUT2D eigenvalue weighted by Crippen LogP contribution is -2.37. The molecule has 0 aliphatic carbocycles. The van der Waals surface area contributed by atoms with Crippen LogP contribution in [0.5, 0.6) is 0 Å². The molecule has 0 atom stereocenters. The molecule has 6 heteroatoms. The van der Waals surface area contributed by atoms with Crippen LogP contribution < -0.4 is 5.48 Å². The number of nitro groups is 1. The van der Waals surface area contributed by atoms with E-state index in [9.17, 15) is 14.9 Å². The molecular formula is C11H14N2O4. The number of rotatable bonds is 3. The van der Waals surface area contributed by atoms with Gasteiger partial charge < -0.3 is 4.84 Å². The van der Waals surface area contributed by atoms with Crippen molar-refractivity contribution in [2.75, 3.05) is 0 Å². The monoisotopic (exact) mass is 238 g/mol. The first-order valence-electron chi connectivity index (χ1n) is 5.02. The number of nitrogens with zero attached hydrogens (tertiary/aromatic N) is 1. The summed E-state index contributed by atoms with van der Waals surface area (Å²) in [5.41, 5.74) is 2.42. The Morgan fingerprint density at radius 3 is 2.24 bits per heavy atom. The first-order valence-corrected chi connectivity index (χ1v) is 5.02. The lowest BCUT2D eigenvalue weighted by molar-refractivity contribution is -0.384. The normalized spacial score (nSPS) is 11.0. The van der Waals surface area contributed by atoms with Crippen LogP contribution in [-0.2, 0) is 4.84 Å². The third-order valence-corrected chi connectivity index (χ3v) is 1.76. The van der Waals surface area contributed by atoms with Gasteiger partial charge in [0.2, 0.25) is 0 Å². The second-order valence-electron chi connectivity index (χ2n) is 4.55. The number of nitro benzene ring substituents is 1. The third-order valence-electron chi connectivity index (χ3n) is 1.76. The van der Waals surface area contributed by atoms with Crippen LogP contribution in [0.3, 0.4) is 0 Å². The molecule has 0 heterocycles. The highest BCUT2D eigenvalue weighted by atomic mass is 16.7. The van der Waals surface area contributed by atoms with E-state index >= 15 is 0 Å². The highest BCUT2D eigenvalue weighted by Gasteiger charge is 2.15. The van der Waals surface area contributed by atoms with Gasteiger partial charge in [0.1, 0.15) is 0 Å². The molecular weight excluding hydrogens is 224 g/mol. The van der Waals surface area contributed by atoms with Crippen LogP contribution in [0, 0.1) is 10.1 Å². The number of carbonyl (C=O) groups excluding carboxylic acids is 1. The maximum atomic E-state index is 11.5. The first kappa shape index (κ1) is 13.1. The average molecular weight is 238 g/mol. The SMILES string of the molecule is CC(C)(C)NOC(=O)c1ccc([N+](=O)[O-])cc1. The largest absolute Gasteiger partial charge is 0.366 e. The van der Waals surface area contributed by atoms with Gasteiger partial charge in [0.15, 0.2) is 0 Å². The Bertz CT molecular complexity index is 420. The van der Waals surface area contributed by atoms with Crippen LogP contribution in [0.15, 0.2) is 24.3 Å². The van der Waals surface area contributed by atoms with Crippen molar-refractivity contribution in [3.63, 3.8) is 0 Å². The smallest absolute Gasteiger partial charge is 0.356 e. The number of carbonyl (C=O) groups is 1. The van der Waals surface area contributed by atoms with E-state index in [0.29, 0.717) is 0 Å². The lowest BCUT2D eigenvalue weighted by Gasteiger charge is -2.19. The van der Waals surface area contributed by atoms with E-state index in [1.165, 1.54) is 24.3 Å². The zero-order valence-corrected chi connectivity index (χ0v) is 9.89. The molecule has 0 radical (unpaired) electrons. The van der Waals surface area contributed by atoms with Crippen molar-refractivity contribution < 1.29 is 14.6 Å². The highest BCUT2D eigenvalue weighted by Crippen LogP contribution is 2.12. The molecule has 0 aliphatic rings. The summed E-state index contributed by atoms with van der Waals surface area (Å²) in [5, 5.41) is 10.4. The van der Waals surface area contributed by atoms with E-state index in [4.69, 9.17) is 4.84 Å². The summed E-state index contributed by atoms with van der Waals surface area (Å²) in [5.74, 6) is -0.574. The van der Waals surface area contributed by atoms with Crippen molar-refractivity contribution in [2.45, 2.75) is 26.3 Å². The molecule has 0 saturated heterocycles. The Labute approximate surface area is 98.7 Å². The molecule has 0 bridgehead atoms. The summed E-state index contributed by atoms with van der Waals surface area (Å²) >= 11 is 0. The van der Waals surface area contributed by atoms with Crippen molar-refractivity contribution >= 4 is 11.7 Å². The van der Waals surface area contributed by atoms with E-state index < -0.39 is 10.9 Å². The zero-order valence-electron chi connectivity index (χ0n) is 9.89. The van der Waals surface area contributed by atoms with Gasteiger partial charge in [-0.15, -0.1) is 5.48 Å². The van der Waals surface area contributed by atoms with Crippen molar-refractivity contribution in [2.24, 2.45) is 0 Å². The van der Waals surface area contributed by atoms with E-state index in [2.05, 4.69) is 5.48 Å². The molecule has 0 unspecified atom stereocenters. The van der Waals surface area contributed by atoms with Crippen LogP contribution in [0.2, 0.25) is 0 Å². The van der Waals surface area contributed by atoms with Gasteiger partial charge in [0, 0.05) is 17.7 Å². The Kier molecular flexibility index (Phi) is 3.80. The standard InChI is InChI=1S/C11H14N2O4/c1-11(2,3)12-17-10(14)8-4-6-9(7-5-8)13(15)16/h4-7,12H,1-3H3. The predicted molar refractivity (Wildman–Crippen MR) is 61.4 cm³/mol. The molecule has 1 aromatic rings. The number of hydrogen-bond donors (Lipinski definition) is 1. The predicted octanol–water partition coefficient (Wildman–Crippen LogP) is 2.05. The Morgan fingerprint density at radius 1 is 1.29 bits per heavy atom. The molecule has 0 amide bonds. The molecule has 0 spiro atoms. The number of nitrogens with one attached hydrogen (secondary N) is 1. The molecule has 6 nitrogen and oxygen atoms in total. The van der Waals surface area contributed by atoms with Crippen LogP contribution in [0.4, 0.5) is 5.69 Å². The van der Waals surface area contributed by atoms with Gasteiger partial charge in [-0.3, -0.25) is 10.1 Å². The van der Waals surface area contributed by atoms with Crippen molar-refractivity contribution in [3.05, 3.63) is 39.9 Å². The lowest BCUT2D eigenvalue weighted by atomic mass is 10.1. The highest BCUT2D eigenvalue weighted by molar-refractivity contribution is 5.89. The Hall–Kier alpha value is -1.95. The van der Waals surface area contributed by atoms with Gasteiger partial charge in [-0.25, -0.2) is 4.79 Å². The summed E-state index contributed by atoms with van der Waals surface area (Å²) in [7, 11) is 0. The molecule has 1 aromatic carbocycles. The third kappa shape index (κ3) is 4.20. The summed E-state index contributed by atoms with van der Waals surface area (Å²) in [4.78, 5) is 26.2. The van der Waals surface area contributed by atoms with Gasteiger partial charge in [-0.05, 0) is 32.9 Å². The molecule has 0 aliphatic heterocycles. The van der Waals surface area contributed by atoms with Gasteiger partial charge in [-0.2, -0.15) is 0 Å². The molecule has 0 aromatic heterocycles. The van der Waals surface area contributed by atoms with Crippen molar-refractivity contribution in [3.8, 4) is 0 Å². The van der Waals surface area contributed by atoms with Crippen LogP contribution in [0.1, 0.15) is 31.1 Å². The quantitative estimate of drug-likeness (QED) is 0.643. The summed E-state index contributed by atoms with van der Waals surface area (Å²) < 4.78 is 0. The van der Waals surface area contributed by atoms with Gasteiger partial charge >= 0.3 is 5.97 Å². The fraction of sp³-hybridized carbons (Fsp3) is 0.364. The molecule has 92 valence electrons. The van der Waals surface area contributed by atoms with Crippen LogP contribution in [0.25, 0.3) is 0 Å². The van der Waals surface area contributed by atoms with E-state index in [-0.39, 0.29) is 16.8 Å². The van der Waals surface area contributed by atoms with Gasteiger partial charge in [-0.1, -0.05) is 0 Å². The van der Waals surface area contributed by atoms with E-state index in [1.807, 2.05) is 20.8 Å². The Balaban J connectivity index is 2.67. The van der Waals surface area contributed by atoms with Gasteiger partial charge in [0.05, 0.1) is 10.5 Å². The maximum absolute atomic E-state index is 11.5. The Morgan fingerprint density at radius 2 is 1.82 bits per heavy atom. The fourth-order valence-electron chi connectivity index (χ4n) is 0.978. The minimum Gasteiger partial charge on any atom is -0.366 e. The van der Waals surface area contributed by atoms with E-state index in [1.54, 1.807) is 0 Å². The minimum atomic E-state index is -0.574. The number of benzene rings is 1. The number of non-ortho nitro benzene ring substituents is 1. The molecule has 0 fully saturated rings. The number of hydrogen-bond acceptors (Lipinski definition) is 5. The maximum Gasteiger partial charge on any atom is 0.356 e. The van der Waals surface area contributed by atoms with Crippen molar-refractivity contribution in [1.82, 2.24) is 5.48 Å². The first-order chi connectivity index (χ1) is 7.79. The topological polar surface area (TPSA) is 81.5 Å². The summed E-state index contributed by atoms with van der Waals surface area (Å²) in [6, 6.07) is 5.22. The van der Waals surface area contributed by atoms with Crippen molar-refractivity contribution in [1.29, 1.82) is 0 Å². The number of hydroxylamine groups is 1. The summed E-state index contributed by atoms with van der Waals surface area (Å²) in [6.07, 6.45) is 0. The zero-order chi connectivity index (χ0) is 13.1. The van der Waals surface area contributed by atoms with Crippen LogP contribution >= 0.6 is 0 Å². The summed E-state index contributed by atoms with van der Waals surface area (Å²) in [6.45, 7) is 5.53. The molecule has 0 saturated carbocycles. The minimum absolute atomic E-state index is 0.0645. The molecule has 1 N–H and O–H groups in total. The second kappa shape index (κ2) is 4.92. The van der Waals surface area contributed by atoms with Gasteiger partial charge in [0.25, 0.3) is 5.69 Å². The fourth-order valence-corrected chi connectivity index (χ4v) is 0.978. The average Bonchev–Trinajstić information content (AvgIpc) is 2.25. The van der Waals surface area contributed by atoms with E-state index in [0.717, 1.165) is 0 Å². The molecule has 17 heavy (non-hydrogen) atoms.